The van der Waals surface area contributed by atoms with Crippen molar-refractivity contribution < 1.29 is 9.53 Å². The SMILES string of the molecule is COCCn1cnnc1[C@@H](C)NC(=O)c1ccccc1C#N. The first-order chi connectivity index (χ1) is 10.7. The molecule has 114 valence electrons. The van der Waals surface area contributed by atoms with E-state index in [-0.39, 0.29) is 11.9 Å². The van der Waals surface area contributed by atoms with Gasteiger partial charge in [-0.1, -0.05) is 12.1 Å². The zero-order chi connectivity index (χ0) is 15.9. The molecule has 0 aliphatic carbocycles. The van der Waals surface area contributed by atoms with E-state index in [1.165, 1.54) is 0 Å². The highest BCUT2D eigenvalue weighted by Gasteiger charge is 2.18. The molecule has 22 heavy (non-hydrogen) atoms. The first-order valence-corrected chi connectivity index (χ1v) is 6.84. The minimum Gasteiger partial charge on any atom is -0.383 e. The standard InChI is InChI=1S/C15H17N5O2/c1-11(14-19-17-10-20(14)7-8-22-2)18-15(21)13-6-4-3-5-12(13)9-16/h3-6,10-11H,7-8H2,1-2H3,(H,18,21)/t11-/m1/s1. The number of nitrogens with one attached hydrogen (secondary N) is 1. The van der Waals surface area contributed by atoms with E-state index in [0.29, 0.717) is 30.1 Å². The first kappa shape index (κ1) is 15.7. The van der Waals surface area contributed by atoms with Crippen LogP contribution >= 0.6 is 0 Å². The Hall–Kier alpha value is -2.72. The number of ether oxygens (including phenoxy) is 1. The molecule has 1 aromatic carbocycles. The average molecular weight is 299 g/mol. The number of carbonyl (C=O) groups excluding carboxylic acids is 1. The number of nitriles is 1. The summed E-state index contributed by atoms with van der Waals surface area (Å²) >= 11 is 0. The minimum atomic E-state index is -0.335. The van der Waals surface area contributed by atoms with Gasteiger partial charge < -0.3 is 14.6 Å². The van der Waals surface area contributed by atoms with Crippen molar-refractivity contribution in [3.05, 3.63) is 47.5 Å². The highest BCUT2D eigenvalue weighted by Crippen LogP contribution is 2.12. The molecular weight excluding hydrogens is 282 g/mol. The summed E-state index contributed by atoms with van der Waals surface area (Å²) in [5.74, 6) is 0.325. The van der Waals surface area contributed by atoms with Crippen LogP contribution in [0, 0.1) is 11.3 Å². The van der Waals surface area contributed by atoms with Gasteiger partial charge in [0, 0.05) is 13.7 Å². The second-order valence-electron chi connectivity index (χ2n) is 4.73. The molecule has 1 amide bonds. The van der Waals surface area contributed by atoms with E-state index < -0.39 is 0 Å². The molecule has 0 unspecified atom stereocenters. The van der Waals surface area contributed by atoms with Gasteiger partial charge in [-0.3, -0.25) is 4.79 Å². The van der Waals surface area contributed by atoms with Gasteiger partial charge in [-0.25, -0.2) is 0 Å². The molecule has 2 aromatic rings. The Morgan fingerprint density at radius 1 is 1.50 bits per heavy atom. The van der Waals surface area contributed by atoms with Crippen LogP contribution < -0.4 is 5.32 Å². The average Bonchev–Trinajstić information content (AvgIpc) is 3.01. The Labute approximate surface area is 128 Å². The van der Waals surface area contributed by atoms with E-state index in [1.54, 1.807) is 37.7 Å². The van der Waals surface area contributed by atoms with E-state index >= 15 is 0 Å². The Kier molecular flexibility index (Phi) is 5.22. The van der Waals surface area contributed by atoms with E-state index in [0.717, 1.165) is 0 Å². The Bertz CT molecular complexity index is 689. The topological polar surface area (TPSA) is 92.8 Å². The number of carbonyl (C=O) groups is 1. The zero-order valence-corrected chi connectivity index (χ0v) is 12.5. The van der Waals surface area contributed by atoms with Gasteiger partial charge in [0.25, 0.3) is 5.91 Å². The maximum Gasteiger partial charge on any atom is 0.253 e. The van der Waals surface area contributed by atoms with Gasteiger partial charge in [0.05, 0.1) is 29.8 Å². The van der Waals surface area contributed by atoms with Crippen LogP contribution in [-0.2, 0) is 11.3 Å². The summed E-state index contributed by atoms with van der Waals surface area (Å²) in [7, 11) is 1.62. The number of hydrogen-bond acceptors (Lipinski definition) is 5. The van der Waals surface area contributed by atoms with Gasteiger partial charge in [0.1, 0.15) is 6.33 Å². The van der Waals surface area contributed by atoms with Crippen LogP contribution in [0.5, 0.6) is 0 Å². The fourth-order valence-electron chi connectivity index (χ4n) is 2.08. The molecule has 0 aliphatic heterocycles. The van der Waals surface area contributed by atoms with Crippen molar-refractivity contribution in [2.45, 2.75) is 19.5 Å². The van der Waals surface area contributed by atoms with Crippen LogP contribution in [0.15, 0.2) is 30.6 Å². The lowest BCUT2D eigenvalue weighted by Gasteiger charge is -2.15. The predicted molar refractivity (Wildman–Crippen MR) is 78.9 cm³/mol. The number of nitrogens with zero attached hydrogens (tertiary/aromatic N) is 4. The van der Waals surface area contributed by atoms with Crippen LogP contribution in [0.3, 0.4) is 0 Å². The third-order valence-electron chi connectivity index (χ3n) is 3.21. The maximum absolute atomic E-state index is 12.3. The van der Waals surface area contributed by atoms with Crippen molar-refractivity contribution in [1.29, 1.82) is 5.26 Å². The highest BCUT2D eigenvalue weighted by molar-refractivity contribution is 5.96. The van der Waals surface area contributed by atoms with E-state index in [1.807, 2.05) is 17.6 Å². The van der Waals surface area contributed by atoms with Crippen molar-refractivity contribution >= 4 is 5.91 Å². The number of methoxy groups -OCH3 is 1. The van der Waals surface area contributed by atoms with Gasteiger partial charge in [-0.2, -0.15) is 5.26 Å². The maximum atomic E-state index is 12.3. The van der Waals surface area contributed by atoms with Crippen molar-refractivity contribution in [1.82, 2.24) is 20.1 Å². The lowest BCUT2D eigenvalue weighted by molar-refractivity contribution is 0.0937. The van der Waals surface area contributed by atoms with Crippen molar-refractivity contribution in [3.63, 3.8) is 0 Å². The third kappa shape index (κ3) is 3.48. The monoisotopic (exact) mass is 299 g/mol. The van der Waals surface area contributed by atoms with Crippen molar-refractivity contribution in [3.8, 4) is 6.07 Å². The molecule has 1 N–H and O–H groups in total. The van der Waals surface area contributed by atoms with E-state index in [2.05, 4.69) is 15.5 Å². The summed E-state index contributed by atoms with van der Waals surface area (Å²) in [6.45, 7) is 2.96. The molecule has 7 heteroatoms. The first-order valence-electron chi connectivity index (χ1n) is 6.84. The molecule has 0 spiro atoms. The number of rotatable bonds is 6. The second-order valence-corrected chi connectivity index (χ2v) is 4.73. The summed E-state index contributed by atoms with van der Waals surface area (Å²) in [6, 6.07) is 8.36. The van der Waals surface area contributed by atoms with Crippen molar-refractivity contribution in [2.75, 3.05) is 13.7 Å². The van der Waals surface area contributed by atoms with Crippen LogP contribution in [-0.4, -0.2) is 34.4 Å². The van der Waals surface area contributed by atoms with Gasteiger partial charge in [-0.15, -0.1) is 10.2 Å². The van der Waals surface area contributed by atoms with E-state index in [4.69, 9.17) is 10.00 Å². The zero-order valence-electron chi connectivity index (χ0n) is 12.5. The van der Waals surface area contributed by atoms with Crippen LogP contribution in [0.1, 0.15) is 34.7 Å². The molecule has 0 saturated carbocycles. The quantitative estimate of drug-likeness (QED) is 0.867. The number of amides is 1. The van der Waals surface area contributed by atoms with Crippen LogP contribution in [0.2, 0.25) is 0 Å². The lowest BCUT2D eigenvalue weighted by atomic mass is 10.1. The van der Waals surface area contributed by atoms with Gasteiger partial charge >= 0.3 is 0 Å². The minimum absolute atomic E-state index is 0.314. The molecule has 0 aliphatic rings. The Balaban J connectivity index is 2.12. The molecule has 1 heterocycles. The van der Waals surface area contributed by atoms with Gasteiger partial charge in [-0.05, 0) is 19.1 Å². The lowest BCUT2D eigenvalue weighted by Crippen LogP contribution is -2.29. The van der Waals surface area contributed by atoms with Gasteiger partial charge in [0.2, 0.25) is 0 Å². The highest BCUT2D eigenvalue weighted by atomic mass is 16.5. The summed E-state index contributed by atoms with van der Waals surface area (Å²) < 4.78 is 6.85. The fourth-order valence-corrected chi connectivity index (χ4v) is 2.08. The predicted octanol–water partition coefficient (Wildman–Crippen LogP) is 1.29. The summed E-state index contributed by atoms with van der Waals surface area (Å²) in [5.41, 5.74) is 0.688. The molecule has 1 atom stereocenters. The second kappa shape index (κ2) is 7.33. The van der Waals surface area contributed by atoms with E-state index in [9.17, 15) is 4.79 Å². The normalized spacial score (nSPS) is 11.7. The Morgan fingerprint density at radius 3 is 3.00 bits per heavy atom. The molecular formula is C15H17N5O2. The number of hydrogen-bond donors (Lipinski definition) is 1. The number of benzene rings is 1. The molecule has 0 radical (unpaired) electrons. The Morgan fingerprint density at radius 2 is 2.27 bits per heavy atom. The fraction of sp³-hybridized carbons (Fsp3) is 0.333. The number of aromatic nitrogens is 3. The van der Waals surface area contributed by atoms with Crippen molar-refractivity contribution in [2.24, 2.45) is 0 Å². The third-order valence-corrected chi connectivity index (χ3v) is 3.21. The largest absolute Gasteiger partial charge is 0.383 e. The summed E-state index contributed by atoms with van der Waals surface area (Å²) in [4.78, 5) is 12.3. The molecule has 7 nitrogen and oxygen atoms in total. The van der Waals surface area contributed by atoms with Crippen LogP contribution in [0.4, 0.5) is 0 Å². The smallest absolute Gasteiger partial charge is 0.253 e. The van der Waals surface area contributed by atoms with Crippen LogP contribution in [0.25, 0.3) is 0 Å². The molecule has 0 bridgehead atoms. The van der Waals surface area contributed by atoms with Gasteiger partial charge in [0.15, 0.2) is 5.82 Å². The summed E-state index contributed by atoms with van der Waals surface area (Å²) in [6.07, 6.45) is 1.60. The molecule has 0 saturated heterocycles. The molecule has 0 fully saturated rings. The molecule has 1 aromatic heterocycles. The summed E-state index contributed by atoms with van der Waals surface area (Å²) in [5, 5.41) is 19.8. The molecule has 2 rings (SSSR count).